The fourth-order valence-electron chi connectivity index (χ4n) is 5.80. The third-order valence-electron chi connectivity index (χ3n) is 8.50. The summed E-state index contributed by atoms with van der Waals surface area (Å²) in [6, 6.07) is 11.6. The average molecular weight is 692 g/mol. The number of rotatable bonds is 12. The number of amides is 2. The summed E-state index contributed by atoms with van der Waals surface area (Å²) in [4.78, 5) is 43.4. The highest BCUT2D eigenvalue weighted by atomic mass is 35.5. The number of hydrogen-bond acceptors (Lipinski definition) is 10. The van der Waals surface area contributed by atoms with Crippen molar-refractivity contribution in [2.24, 2.45) is 0 Å². The quantitative estimate of drug-likeness (QED) is 0.197. The fraction of sp³-hybridized carbons (Fsp3) is 0.353. The van der Waals surface area contributed by atoms with Crippen molar-refractivity contribution in [2.75, 3.05) is 33.9 Å². The molecule has 0 radical (unpaired) electrons. The monoisotopic (exact) mass is 690 g/mol. The summed E-state index contributed by atoms with van der Waals surface area (Å²) in [6.45, 7) is 4.43. The standard InChI is InChI=1S/C34H36Cl2N8O4/c1-19(45)44-17-21(18-44)38-16-29-34(48-3)43-27(15-40-29)25-9-5-7-23(32(25)36)22-6-4-8-24(31(22)35)26-14-39-28(33(42-26)47-2)13-37-12-20-10-11-30(46)41-20/h4-9,14-15,20-21,37-38H,10-13,16-18H2,1-3H3,(H,41,46). The topological polar surface area (TPSA) is 143 Å². The van der Waals surface area contributed by atoms with Gasteiger partial charge in [0.25, 0.3) is 0 Å². The van der Waals surface area contributed by atoms with E-state index in [1.807, 2.05) is 36.4 Å². The Bertz CT molecular complexity index is 1840. The number of ether oxygens (including phenoxy) is 2. The van der Waals surface area contributed by atoms with E-state index < -0.39 is 0 Å². The lowest BCUT2D eigenvalue weighted by Crippen LogP contribution is -2.59. The van der Waals surface area contributed by atoms with Crippen LogP contribution in [0.15, 0.2) is 48.8 Å². The van der Waals surface area contributed by atoms with Gasteiger partial charge in [-0.25, -0.2) is 9.97 Å². The summed E-state index contributed by atoms with van der Waals surface area (Å²) in [5.41, 5.74) is 5.18. The van der Waals surface area contributed by atoms with Gasteiger partial charge in [0.15, 0.2) is 0 Å². The first-order chi connectivity index (χ1) is 23.2. The summed E-state index contributed by atoms with van der Waals surface area (Å²) in [6.07, 6.45) is 4.71. The van der Waals surface area contributed by atoms with Crippen LogP contribution in [-0.4, -0.2) is 82.6 Å². The van der Waals surface area contributed by atoms with Crippen molar-refractivity contribution in [2.45, 2.75) is 44.9 Å². The Morgan fingerprint density at radius 3 is 1.94 bits per heavy atom. The Labute approximate surface area is 288 Å². The fourth-order valence-corrected chi connectivity index (χ4v) is 6.45. The van der Waals surface area contributed by atoms with E-state index in [4.69, 9.17) is 42.6 Å². The van der Waals surface area contributed by atoms with Gasteiger partial charge in [0.05, 0.1) is 48.0 Å². The van der Waals surface area contributed by atoms with Crippen LogP contribution < -0.4 is 25.4 Å². The van der Waals surface area contributed by atoms with Crippen molar-refractivity contribution >= 4 is 35.0 Å². The van der Waals surface area contributed by atoms with Crippen LogP contribution in [0.2, 0.25) is 10.0 Å². The second-order valence-corrected chi connectivity index (χ2v) is 12.4. The molecule has 4 heterocycles. The van der Waals surface area contributed by atoms with Gasteiger partial charge < -0.3 is 30.3 Å². The summed E-state index contributed by atoms with van der Waals surface area (Å²) >= 11 is 14.1. The van der Waals surface area contributed by atoms with Crippen molar-refractivity contribution in [3.63, 3.8) is 0 Å². The predicted octanol–water partition coefficient (Wildman–Crippen LogP) is 4.28. The van der Waals surface area contributed by atoms with Crippen molar-refractivity contribution in [3.05, 3.63) is 70.2 Å². The van der Waals surface area contributed by atoms with E-state index in [1.54, 1.807) is 38.4 Å². The minimum Gasteiger partial charge on any atom is -0.480 e. The molecule has 2 saturated heterocycles. The molecule has 2 fully saturated rings. The molecular formula is C34H36Cl2N8O4. The largest absolute Gasteiger partial charge is 0.480 e. The van der Waals surface area contributed by atoms with Crippen molar-refractivity contribution in [1.82, 2.24) is 40.8 Å². The number of aromatic nitrogens is 4. The summed E-state index contributed by atoms with van der Waals surface area (Å²) in [5.74, 6) is 0.925. The molecule has 12 nitrogen and oxygen atoms in total. The smallest absolute Gasteiger partial charge is 0.237 e. The van der Waals surface area contributed by atoms with Crippen LogP contribution in [0, 0.1) is 0 Å². The Morgan fingerprint density at radius 2 is 1.44 bits per heavy atom. The first kappa shape index (κ1) is 33.5. The number of carbonyl (C=O) groups excluding carboxylic acids is 2. The van der Waals surface area contributed by atoms with Crippen LogP contribution >= 0.6 is 23.2 Å². The van der Waals surface area contributed by atoms with Gasteiger partial charge in [-0.3, -0.25) is 19.6 Å². The van der Waals surface area contributed by atoms with Crippen molar-refractivity contribution in [3.8, 4) is 45.4 Å². The maximum atomic E-state index is 11.5. The number of methoxy groups -OCH3 is 2. The first-order valence-corrected chi connectivity index (χ1v) is 16.4. The molecule has 1 unspecified atom stereocenters. The molecule has 2 aliphatic rings. The molecule has 250 valence electrons. The lowest BCUT2D eigenvalue weighted by atomic mass is 9.98. The van der Waals surface area contributed by atoms with E-state index in [0.717, 1.165) is 6.42 Å². The minimum atomic E-state index is 0.0718. The molecule has 2 aromatic carbocycles. The summed E-state index contributed by atoms with van der Waals surface area (Å²) in [7, 11) is 3.11. The normalized spacial score (nSPS) is 16.1. The number of nitrogens with zero attached hydrogens (tertiary/aromatic N) is 5. The Balaban J connectivity index is 1.20. The highest BCUT2D eigenvalue weighted by Crippen LogP contribution is 2.42. The highest BCUT2D eigenvalue weighted by molar-refractivity contribution is 6.39. The van der Waals surface area contributed by atoms with E-state index in [2.05, 4.69) is 25.9 Å². The first-order valence-electron chi connectivity index (χ1n) is 15.6. The molecule has 4 aromatic rings. The van der Waals surface area contributed by atoms with Gasteiger partial charge in [-0.05, 0) is 6.42 Å². The van der Waals surface area contributed by atoms with Crippen LogP contribution in [0.3, 0.4) is 0 Å². The molecule has 0 bridgehead atoms. The van der Waals surface area contributed by atoms with Crippen molar-refractivity contribution in [1.29, 1.82) is 0 Å². The van der Waals surface area contributed by atoms with Crippen LogP contribution in [0.5, 0.6) is 11.8 Å². The van der Waals surface area contributed by atoms with Gasteiger partial charge in [-0.2, -0.15) is 0 Å². The van der Waals surface area contributed by atoms with E-state index in [9.17, 15) is 9.59 Å². The van der Waals surface area contributed by atoms with Gasteiger partial charge in [0.2, 0.25) is 23.6 Å². The van der Waals surface area contributed by atoms with Gasteiger partial charge >= 0.3 is 0 Å². The number of carbonyl (C=O) groups is 2. The van der Waals surface area contributed by atoms with E-state index in [0.29, 0.717) is 106 Å². The summed E-state index contributed by atoms with van der Waals surface area (Å²) in [5, 5.41) is 10.6. The second kappa shape index (κ2) is 14.8. The lowest BCUT2D eigenvalue weighted by Gasteiger charge is -2.39. The third-order valence-corrected chi connectivity index (χ3v) is 9.32. The zero-order valence-electron chi connectivity index (χ0n) is 26.8. The highest BCUT2D eigenvalue weighted by Gasteiger charge is 2.28. The zero-order chi connectivity index (χ0) is 33.8. The maximum absolute atomic E-state index is 11.5. The van der Waals surface area contributed by atoms with Gasteiger partial charge in [0.1, 0.15) is 11.4 Å². The maximum Gasteiger partial charge on any atom is 0.237 e. The predicted molar refractivity (Wildman–Crippen MR) is 183 cm³/mol. The summed E-state index contributed by atoms with van der Waals surface area (Å²) < 4.78 is 11.2. The lowest BCUT2D eigenvalue weighted by molar-refractivity contribution is -0.133. The second-order valence-electron chi connectivity index (χ2n) is 11.7. The third kappa shape index (κ3) is 7.21. The molecular weight excluding hydrogens is 655 g/mol. The number of nitrogens with one attached hydrogen (secondary N) is 3. The molecule has 2 aliphatic heterocycles. The molecule has 3 N–H and O–H groups in total. The molecule has 0 aliphatic carbocycles. The zero-order valence-corrected chi connectivity index (χ0v) is 28.4. The van der Waals surface area contributed by atoms with Crippen molar-refractivity contribution < 1.29 is 19.1 Å². The SMILES string of the molecule is COc1nc(-c2cccc(-c3cccc(-c4cnc(CNC5CN(C(C)=O)C5)c(OC)n4)c3Cl)c2Cl)cnc1CNCC1CCC(=O)N1. The molecule has 0 saturated carbocycles. The van der Waals surface area contributed by atoms with Gasteiger partial charge in [-0.1, -0.05) is 59.6 Å². The molecule has 48 heavy (non-hydrogen) atoms. The molecule has 14 heteroatoms. The van der Waals surface area contributed by atoms with Crippen LogP contribution in [0.4, 0.5) is 0 Å². The minimum absolute atomic E-state index is 0.0718. The molecule has 2 amide bonds. The van der Waals surface area contributed by atoms with Crippen LogP contribution in [-0.2, 0) is 22.7 Å². The van der Waals surface area contributed by atoms with Crippen LogP contribution in [0.25, 0.3) is 33.6 Å². The number of likely N-dealkylation sites (tertiary alicyclic amines) is 1. The Kier molecular flexibility index (Phi) is 10.4. The Morgan fingerprint density at radius 1 is 0.896 bits per heavy atom. The van der Waals surface area contributed by atoms with E-state index >= 15 is 0 Å². The molecule has 6 rings (SSSR count). The molecule has 1 atom stereocenters. The Hall–Kier alpha value is -4.36. The number of halogens is 2. The van der Waals surface area contributed by atoms with Gasteiger partial charge in [0, 0.05) is 80.4 Å². The van der Waals surface area contributed by atoms with Crippen LogP contribution in [0.1, 0.15) is 31.2 Å². The number of benzene rings is 2. The number of hydrogen-bond donors (Lipinski definition) is 3. The van der Waals surface area contributed by atoms with E-state index in [-0.39, 0.29) is 23.9 Å². The van der Waals surface area contributed by atoms with Gasteiger partial charge in [-0.15, -0.1) is 0 Å². The van der Waals surface area contributed by atoms with E-state index in [1.165, 1.54) is 0 Å². The molecule has 2 aromatic heterocycles. The molecule has 0 spiro atoms. The average Bonchev–Trinajstić information content (AvgIpc) is 3.49.